The fraction of sp³-hybridized carbons (Fsp3) is 0.280. The second kappa shape index (κ2) is 11.3. The summed E-state index contributed by atoms with van der Waals surface area (Å²) >= 11 is 12.1. The first kappa shape index (κ1) is 22.5. The third kappa shape index (κ3) is 6.40. The zero-order valence-corrected chi connectivity index (χ0v) is 18.8. The minimum Gasteiger partial charge on any atom is -0.493 e. The van der Waals surface area contributed by atoms with E-state index in [2.05, 4.69) is 42.6 Å². The molecule has 0 bridgehead atoms. The summed E-state index contributed by atoms with van der Waals surface area (Å²) in [4.78, 5) is 0. The van der Waals surface area contributed by atoms with Crippen LogP contribution in [-0.2, 0) is 19.6 Å². The van der Waals surface area contributed by atoms with Gasteiger partial charge in [-0.25, -0.2) is 0 Å². The largest absolute Gasteiger partial charge is 0.493 e. The normalized spacial score (nSPS) is 11.9. The molecule has 0 aliphatic rings. The number of aryl methyl sites for hydroxylation is 1. The van der Waals surface area contributed by atoms with Crippen molar-refractivity contribution in [2.45, 2.75) is 39.0 Å². The summed E-state index contributed by atoms with van der Waals surface area (Å²) in [6, 6.07) is 22.4. The van der Waals surface area contributed by atoms with Crippen LogP contribution in [0.15, 0.2) is 66.7 Å². The van der Waals surface area contributed by atoms with Gasteiger partial charge in [-0.05, 0) is 49.1 Å². The molecular formula is C25H27Cl2NO2. The van der Waals surface area contributed by atoms with Crippen LogP contribution in [0.4, 0.5) is 0 Å². The van der Waals surface area contributed by atoms with Crippen molar-refractivity contribution in [3.05, 3.63) is 93.5 Å². The fourth-order valence-electron chi connectivity index (χ4n) is 3.22. The van der Waals surface area contributed by atoms with Gasteiger partial charge in [-0.1, -0.05) is 71.7 Å². The lowest BCUT2D eigenvalue weighted by atomic mass is 10.1. The van der Waals surface area contributed by atoms with Crippen LogP contribution in [-0.4, -0.2) is 13.2 Å². The molecule has 0 saturated heterocycles. The van der Waals surface area contributed by atoms with Gasteiger partial charge in [-0.15, -0.1) is 0 Å². The number of methoxy groups -OCH3 is 1. The van der Waals surface area contributed by atoms with Crippen LogP contribution in [0.5, 0.6) is 11.5 Å². The lowest BCUT2D eigenvalue weighted by Crippen LogP contribution is -2.26. The standard InChI is InChI=1S/C25H27Cl2NO2/c1-18(11-12-19-7-4-3-5-8-19)28-16-21-9-6-10-24(29-2)25(21)30-17-20-13-14-22(26)23(27)15-20/h3-10,13-15,18,28H,11-12,16-17H2,1-2H3/t18-/m1/s1. The van der Waals surface area contributed by atoms with Gasteiger partial charge in [0.05, 0.1) is 17.2 Å². The Bertz CT molecular complexity index is 947. The molecule has 0 aliphatic carbocycles. The van der Waals surface area contributed by atoms with E-state index in [4.69, 9.17) is 32.7 Å². The monoisotopic (exact) mass is 443 g/mol. The highest BCUT2D eigenvalue weighted by Crippen LogP contribution is 2.32. The summed E-state index contributed by atoms with van der Waals surface area (Å²) in [7, 11) is 1.65. The Labute approximate surface area is 188 Å². The second-order valence-corrected chi connectivity index (χ2v) is 8.11. The van der Waals surface area contributed by atoms with Gasteiger partial charge in [0.2, 0.25) is 0 Å². The van der Waals surface area contributed by atoms with Gasteiger partial charge < -0.3 is 14.8 Å². The summed E-state index contributed by atoms with van der Waals surface area (Å²) < 4.78 is 11.7. The highest BCUT2D eigenvalue weighted by Gasteiger charge is 2.13. The molecule has 5 heteroatoms. The minimum absolute atomic E-state index is 0.374. The fourth-order valence-corrected chi connectivity index (χ4v) is 3.54. The molecule has 3 aromatic carbocycles. The molecule has 0 heterocycles. The van der Waals surface area contributed by atoms with E-state index in [1.165, 1.54) is 5.56 Å². The molecule has 3 aromatic rings. The number of benzene rings is 3. The molecule has 0 aromatic heterocycles. The van der Waals surface area contributed by atoms with Crippen molar-refractivity contribution >= 4 is 23.2 Å². The molecule has 1 N–H and O–H groups in total. The lowest BCUT2D eigenvalue weighted by molar-refractivity contribution is 0.280. The van der Waals surface area contributed by atoms with Gasteiger partial charge in [-0.2, -0.15) is 0 Å². The number of nitrogens with one attached hydrogen (secondary N) is 1. The molecule has 0 radical (unpaired) electrons. The van der Waals surface area contributed by atoms with E-state index >= 15 is 0 Å². The Kier molecular flexibility index (Phi) is 8.44. The predicted octanol–water partition coefficient (Wildman–Crippen LogP) is 6.69. The summed E-state index contributed by atoms with van der Waals surface area (Å²) in [5, 5.41) is 4.66. The number of ether oxygens (including phenoxy) is 2. The lowest BCUT2D eigenvalue weighted by Gasteiger charge is -2.18. The Morgan fingerprint density at radius 3 is 2.43 bits per heavy atom. The molecule has 0 fully saturated rings. The first-order valence-corrected chi connectivity index (χ1v) is 10.8. The molecular weight excluding hydrogens is 417 g/mol. The quantitative estimate of drug-likeness (QED) is 0.378. The number of halogens is 2. The second-order valence-electron chi connectivity index (χ2n) is 7.29. The molecule has 0 aliphatic heterocycles. The van der Waals surface area contributed by atoms with Crippen LogP contribution < -0.4 is 14.8 Å². The third-order valence-corrected chi connectivity index (χ3v) is 5.74. The Morgan fingerprint density at radius 1 is 0.900 bits per heavy atom. The summed E-state index contributed by atoms with van der Waals surface area (Å²) in [5.74, 6) is 1.46. The molecule has 0 amide bonds. The molecule has 0 saturated carbocycles. The first-order valence-electron chi connectivity index (χ1n) is 10.1. The van der Waals surface area contributed by atoms with Gasteiger partial charge in [0.15, 0.2) is 11.5 Å². The molecule has 3 rings (SSSR count). The van der Waals surface area contributed by atoms with E-state index in [1.54, 1.807) is 13.2 Å². The molecule has 158 valence electrons. The minimum atomic E-state index is 0.374. The van der Waals surface area contributed by atoms with Gasteiger partial charge in [0, 0.05) is 18.2 Å². The maximum Gasteiger partial charge on any atom is 0.166 e. The van der Waals surface area contributed by atoms with Crippen molar-refractivity contribution in [1.82, 2.24) is 5.32 Å². The topological polar surface area (TPSA) is 30.5 Å². The maximum atomic E-state index is 6.13. The highest BCUT2D eigenvalue weighted by molar-refractivity contribution is 6.42. The van der Waals surface area contributed by atoms with E-state index < -0.39 is 0 Å². The van der Waals surface area contributed by atoms with E-state index in [1.807, 2.05) is 30.3 Å². The van der Waals surface area contributed by atoms with E-state index in [0.717, 1.165) is 29.7 Å². The highest BCUT2D eigenvalue weighted by atomic mass is 35.5. The summed E-state index contributed by atoms with van der Waals surface area (Å²) in [5.41, 5.74) is 3.37. The Hall–Kier alpha value is -2.20. The zero-order valence-electron chi connectivity index (χ0n) is 17.3. The number of rotatable bonds is 10. The van der Waals surface area contributed by atoms with E-state index in [0.29, 0.717) is 35.0 Å². The molecule has 0 unspecified atom stereocenters. The first-order chi connectivity index (χ1) is 14.6. The number of hydrogen-bond donors (Lipinski definition) is 1. The Balaban J connectivity index is 1.62. The molecule has 3 nitrogen and oxygen atoms in total. The van der Waals surface area contributed by atoms with Crippen molar-refractivity contribution < 1.29 is 9.47 Å². The number of hydrogen-bond acceptors (Lipinski definition) is 3. The Morgan fingerprint density at radius 2 is 1.70 bits per heavy atom. The van der Waals surface area contributed by atoms with Crippen molar-refractivity contribution in [2.75, 3.05) is 7.11 Å². The average Bonchev–Trinajstić information content (AvgIpc) is 2.77. The smallest absolute Gasteiger partial charge is 0.166 e. The van der Waals surface area contributed by atoms with Gasteiger partial charge in [0.1, 0.15) is 6.61 Å². The van der Waals surface area contributed by atoms with Crippen LogP contribution >= 0.6 is 23.2 Å². The predicted molar refractivity (Wildman–Crippen MR) is 125 cm³/mol. The van der Waals surface area contributed by atoms with Crippen LogP contribution in [0, 0.1) is 0 Å². The number of para-hydroxylation sites is 1. The van der Waals surface area contributed by atoms with Crippen LogP contribution in [0.1, 0.15) is 30.0 Å². The van der Waals surface area contributed by atoms with Crippen molar-refractivity contribution in [2.24, 2.45) is 0 Å². The van der Waals surface area contributed by atoms with E-state index in [-0.39, 0.29) is 0 Å². The molecule has 1 atom stereocenters. The van der Waals surface area contributed by atoms with Crippen LogP contribution in [0.25, 0.3) is 0 Å². The SMILES string of the molecule is COc1cccc(CN[C@H](C)CCc2ccccc2)c1OCc1ccc(Cl)c(Cl)c1. The van der Waals surface area contributed by atoms with Gasteiger partial charge in [-0.3, -0.25) is 0 Å². The van der Waals surface area contributed by atoms with Gasteiger partial charge >= 0.3 is 0 Å². The van der Waals surface area contributed by atoms with Crippen molar-refractivity contribution in [1.29, 1.82) is 0 Å². The average molecular weight is 444 g/mol. The third-order valence-electron chi connectivity index (χ3n) is 5.00. The van der Waals surface area contributed by atoms with Crippen LogP contribution in [0.2, 0.25) is 10.0 Å². The summed E-state index contributed by atoms with van der Waals surface area (Å²) in [6.45, 7) is 3.29. The van der Waals surface area contributed by atoms with E-state index in [9.17, 15) is 0 Å². The van der Waals surface area contributed by atoms with Crippen molar-refractivity contribution in [3.8, 4) is 11.5 Å². The van der Waals surface area contributed by atoms with Crippen LogP contribution in [0.3, 0.4) is 0 Å². The molecule has 0 spiro atoms. The van der Waals surface area contributed by atoms with Crippen molar-refractivity contribution in [3.63, 3.8) is 0 Å². The van der Waals surface area contributed by atoms with Gasteiger partial charge in [0.25, 0.3) is 0 Å². The maximum absolute atomic E-state index is 6.13. The summed E-state index contributed by atoms with van der Waals surface area (Å²) in [6.07, 6.45) is 2.11. The molecule has 30 heavy (non-hydrogen) atoms. The zero-order chi connectivity index (χ0) is 21.3.